The van der Waals surface area contributed by atoms with Gasteiger partial charge in [-0.3, -0.25) is 4.79 Å². The van der Waals surface area contributed by atoms with Crippen molar-refractivity contribution in [2.45, 2.75) is 38.3 Å². The number of carboxylic acids is 1. The van der Waals surface area contributed by atoms with Crippen molar-refractivity contribution in [1.82, 2.24) is 20.6 Å². The minimum Gasteiger partial charge on any atom is -0.481 e. The van der Waals surface area contributed by atoms with Gasteiger partial charge in [0.15, 0.2) is 0 Å². The van der Waals surface area contributed by atoms with E-state index in [4.69, 9.17) is 5.11 Å². The lowest BCUT2D eigenvalue weighted by Gasteiger charge is -2.26. The number of hydrogen-bond donors (Lipinski definition) is 3. The van der Waals surface area contributed by atoms with Crippen LogP contribution in [0.2, 0.25) is 0 Å². The molecule has 108 valence electrons. The normalized spacial score (nSPS) is 22.0. The second-order valence-electron chi connectivity index (χ2n) is 4.91. The van der Waals surface area contributed by atoms with E-state index in [2.05, 4.69) is 20.6 Å². The number of hydrogen-bond acceptors (Lipinski definition) is 4. The molecule has 1 saturated carbocycles. The molecule has 0 saturated heterocycles. The molecule has 0 aliphatic heterocycles. The third kappa shape index (κ3) is 4.18. The molecule has 1 aromatic rings. The van der Waals surface area contributed by atoms with Gasteiger partial charge in [0.2, 0.25) is 0 Å². The van der Waals surface area contributed by atoms with E-state index >= 15 is 0 Å². The van der Waals surface area contributed by atoms with Gasteiger partial charge in [-0.05, 0) is 31.7 Å². The Kier molecular flexibility index (Phi) is 4.86. The fraction of sp³-hybridized carbons (Fsp3) is 0.538. The molecule has 7 nitrogen and oxygen atoms in total. The van der Waals surface area contributed by atoms with Crippen LogP contribution in [0.5, 0.6) is 0 Å². The van der Waals surface area contributed by atoms with Crippen LogP contribution in [0.1, 0.15) is 31.4 Å². The van der Waals surface area contributed by atoms with Crippen molar-refractivity contribution < 1.29 is 14.7 Å². The first kappa shape index (κ1) is 14.2. The van der Waals surface area contributed by atoms with Crippen LogP contribution >= 0.6 is 0 Å². The summed E-state index contributed by atoms with van der Waals surface area (Å²) < 4.78 is 0. The third-order valence-electron chi connectivity index (χ3n) is 3.48. The summed E-state index contributed by atoms with van der Waals surface area (Å²) in [7, 11) is 0. The van der Waals surface area contributed by atoms with Crippen molar-refractivity contribution >= 4 is 12.0 Å². The lowest BCUT2D eigenvalue weighted by atomic mass is 9.86. The van der Waals surface area contributed by atoms with Crippen molar-refractivity contribution in [3.63, 3.8) is 0 Å². The van der Waals surface area contributed by atoms with Crippen molar-refractivity contribution in [3.8, 4) is 0 Å². The number of carbonyl (C=O) groups excluding carboxylic acids is 1. The van der Waals surface area contributed by atoms with E-state index in [1.165, 1.54) is 6.33 Å². The van der Waals surface area contributed by atoms with Crippen LogP contribution in [0.3, 0.4) is 0 Å². The predicted molar refractivity (Wildman–Crippen MR) is 70.8 cm³/mol. The smallest absolute Gasteiger partial charge is 0.315 e. The number of urea groups is 1. The molecule has 2 rings (SSSR count). The predicted octanol–water partition coefficient (Wildman–Crippen LogP) is 0.919. The molecule has 0 spiro atoms. The molecule has 0 bridgehead atoms. The largest absolute Gasteiger partial charge is 0.481 e. The number of rotatable bonds is 4. The van der Waals surface area contributed by atoms with Gasteiger partial charge in [0.1, 0.15) is 6.33 Å². The van der Waals surface area contributed by atoms with E-state index in [0.717, 1.165) is 5.69 Å². The van der Waals surface area contributed by atoms with Crippen LogP contribution in [0.4, 0.5) is 4.79 Å². The van der Waals surface area contributed by atoms with Crippen molar-refractivity contribution in [2.75, 3.05) is 0 Å². The molecule has 1 fully saturated rings. The Morgan fingerprint density at radius 2 is 2.05 bits per heavy atom. The molecule has 3 N–H and O–H groups in total. The third-order valence-corrected chi connectivity index (χ3v) is 3.48. The van der Waals surface area contributed by atoms with E-state index in [1.807, 2.05) is 0 Å². The highest BCUT2D eigenvalue weighted by molar-refractivity contribution is 5.74. The van der Waals surface area contributed by atoms with Crippen molar-refractivity contribution in [3.05, 3.63) is 24.3 Å². The average molecular weight is 278 g/mol. The minimum absolute atomic E-state index is 0.0519. The Morgan fingerprint density at radius 1 is 1.30 bits per heavy atom. The molecule has 1 aliphatic carbocycles. The zero-order valence-electron chi connectivity index (χ0n) is 11.1. The first-order valence-corrected chi connectivity index (χ1v) is 6.67. The first-order chi connectivity index (χ1) is 9.65. The van der Waals surface area contributed by atoms with Gasteiger partial charge in [0.05, 0.1) is 18.2 Å². The van der Waals surface area contributed by atoms with Gasteiger partial charge in [-0.25, -0.2) is 14.8 Å². The molecule has 1 aliphatic rings. The maximum Gasteiger partial charge on any atom is 0.315 e. The Morgan fingerprint density at radius 3 is 2.65 bits per heavy atom. The number of carbonyl (C=O) groups is 2. The van der Waals surface area contributed by atoms with Gasteiger partial charge in [0.25, 0.3) is 0 Å². The summed E-state index contributed by atoms with van der Waals surface area (Å²) in [5.41, 5.74) is 0.740. The number of aliphatic carboxylic acids is 1. The first-order valence-electron chi connectivity index (χ1n) is 6.67. The van der Waals surface area contributed by atoms with Gasteiger partial charge in [-0.1, -0.05) is 0 Å². The Balaban J connectivity index is 1.69. The van der Waals surface area contributed by atoms with Crippen molar-refractivity contribution in [2.24, 2.45) is 5.92 Å². The van der Waals surface area contributed by atoms with Crippen LogP contribution in [0, 0.1) is 5.92 Å². The summed E-state index contributed by atoms with van der Waals surface area (Å²) in [6, 6.07) is 1.54. The lowest BCUT2D eigenvalue weighted by molar-refractivity contribution is -0.142. The molecule has 20 heavy (non-hydrogen) atoms. The maximum absolute atomic E-state index is 11.7. The lowest BCUT2D eigenvalue weighted by Crippen LogP contribution is -2.44. The molecule has 7 heteroatoms. The SMILES string of the molecule is O=C(NCc1ccncn1)NC1CCC(C(=O)O)CC1. The Hall–Kier alpha value is -2.18. The van der Waals surface area contributed by atoms with Gasteiger partial charge < -0.3 is 15.7 Å². The fourth-order valence-corrected chi connectivity index (χ4v) is 2.31. The van der Waals surface area contributed by atoms with E-state index in [9.17, 15) is 9.59 Å². The van der Waals surface area contributed by atoms with Gasteiger partial charge in [0, 0.05) is 12.2 Å². The zero-order valence-corrected chi connectivity index (χ0v) is 11.1. The highest BCUT2D eigenvalue weighted by Gasteiger charge is 2.26. The van der Waals surface area contributed by atoms with E-state index in [-0.39, 0.29) is 18.0 Å². The summed E-state index contributed by atoms with van der Waals surface area (Å²) in [6.45, 7) is 0.346. The molecule has 0 aromatic carbocycles. The molecule has 0 atom stereocenters. The van der Waals surface area contributed by atoms with Gasteiger partial charge in [-0.15, -0.1) is 0 Å². The van der Waals surface area contributed by atoms with Gasteiger partial charge >= 0.3 is 12.0 Å². The average Bonchev–Trinajstić information content (AvgIpc) is 2.47. The van der Waals surface area contributed by atoms with E-state index in [1.54, 1.807) is 12.3 Å². The standard InChI is InChI=1S/C13H18N4O3/c18-12(19)9-1-3-10(4-2-9)17-13(20)15-7-11-5-6-14-8-16-11/h5-6,8-10H,1-4,7H2,(H,18,19)(H2,15,17,20). The zero-order chi connectivity index (χ0) is 14.4. The summed E-state index contributed by atoms with van der Waals surface area (Å²) in [5, 5.41) is 14.5. The molecule has 0 radical (unpaired) electrons. The maximum atomic E-state index is 11.7. The summed E-state index contributed by atoms with van der Waals surface area (Å²) in [6.07, 6.45) is 5.70. The Labute approximate surface area is 116 Å². The molecule has 1 aromatic heterocycles. The van der Waals surface area contributed by atoms with Gasteiger partial charge in [-0.2, -0.15) is 0 Å². The second kappa shape index (κ2) is 6.83. The summed E-state index contributed by atoms with van der Waals surface area (Å²) >= 11 is 0. The van der Waals surface area contributed by atoms with Crippen LogP contribution < -0.4 is 10.6 Å². The van der Waals surface area contributed by atoms with Crippen LogP contribution in [0.15, 0.2) is 18.6 Å². The molecule has 1 heterocycles. The topological polar surface area (TPSA) is 104 Å². The van der Waals surface area contributed by atoms with Crippen LogP contribution in [-0.2, 0) is 11.3 Å². The number of carboxylic acid groups (broad SMARTS) is 1. The molecular weight excluding hydrogens is 260 g/mol. The fourth-order valence-electron chi connectivity index (χ4n) is 2.31. The molecular formula is C13H18N4O3. The second-order valence-corrected chi connectivity index (χ2v) is 4.91. The van der Waals surface area contributed by atoms with Crippen LogP contribution in [-0.4, -0.2) is 33.1 Å². The number of nitrogens with zero attached hydrogens (tertiary/aromatic N) is 2. The van der Waals surface area contributed by atoms with E-state index in [0.29, 0.717) is 32.2 Å². The number of amides is 2. The molecule has 0 unspecified atom stereocenters. The van der Waals surface area contributed by atoms with E-state index < -0.39 is 5.97 Å². The summed E-state index contributed by atoms with van der Waals surface area (Å²) in [5.74, 6) is -1.01. The monoisotopic (exact) mass is 278 g/mol. The summed E-state index contributed by atoms with van der Waals surface area (Å²) in [4.78, 5) is 30.4. The minimum atomic E-state index is -0.739. The van der Waals surface area contributed by atoms with Crippen LogP contribution in [0.25, 0.3) is 0 Å². The highest BCUT2D eigenvalue weighted by atomic mass is 16.4. The number of nitrogens with one attached hydrogen (secondary N) is 2. The quantitative estimate of drug-likeness (QED) is 0.759. The highest BCUT2D eigenvalue weighted by Crippen LogP contribution is 2.24. The Bertz CT molecular complexity index is 458. The molecule has 2 amide bonds. The number of aromatic nitrogens is 2. The van der Waals surface area contributed by atoms with Crippen molar-refractivity contribution in [1.29, 1.82) is 0 Å².